The average molecular weight is 215 g/mol. The van der Waals surface area contributed by atoms with Gasteiger partial charge in [0, 0.05) is 13.1 Å². The van der Waals surface area contributed by atoms with Gasteiger partial charge in [-0.1, -0.05) is 13.8 Å². The second-order valence-corrected chi connectivity index (χ2v) is 4.14. The van der Waals surface area contributed by atoms with Crippen molar-refractivity contribution in [3.8, 4) is 0 Å². The fourth-order valence-corrected chi connectivity index (χ4v) is 1.65. The summed E-state index contributed by atoms with van der Waals surface area (Å²) in [5.74, 6) is -0.153. The first-order valence-electron chi connectivity index (χ1n) is 5.08. The van der Waals surface area contributed by atoms with E-state index >= 15 is 0 Å². The summed E-state index contributed by atoms with van der Waals surface area (Å²) < 4.78 is 4.75. The van der Waals surface area contributed by atoms with Gasteiger partial charge in [0.25, 0.3) is 0 Å². The summed E-state index contributed by atoms with van der Waals surface area (Å²) in [5.41, 5.74) is 0. The van der Waals surface area contributed by atoms with Crippen molar-refractivity contribution in [2.24, 2.45) is 11.8 Å². The molecule has 86 valence electrons. The Balaban J connectivity index is 2.26. The molecular formula is C10H17NO4. The van der Waals surface area contributed by atoms with Crippen LogP contribution in [0.15, 0.2) is 0 Å². The number of rotatable bonds is 4. The topological polar surface area (TPSA) is 66.8 Å². The maximum Gasteiger partial charge on any atom is 0.329 e. The van der Waals surface area contributed by atoms with Gasteiger partial charge in [-0.25, -0.2) is 4.79 Å². The third kappa shape index (κ3) is 3.51. The molecule has 1 rings (SSSR count). The van der Waals surface area contributed by atoms with Crippen molar-refractivity contribution in [2.45, 2.75) is 13.8 Å². The Bertz CT molecular complexity index is 244. The van der Waals surface area contributed by atoms with Gasteiger partial charge >= 0.3 is 5.97 Å². The van der Waals surface area contributed by atoms with E-state index in [0.29, 0.717) is 11.8 Å². The monoisotopic (exact) mass is 215 g/mol. The van der Waals surface area contributed by atoms with Crippen molar-refractivity contribution in [3.63, 3.8) is 0 Å². The van der Waals surface area contributed by atoms with Crippen LogP contribution in [0.1, 0.15) is 13.8 Å². The van der Waals surface area contributed by atoms with E-state index < -0.39 is 12.6 Å². The number of aliphatic carboxylic acids is 1. The lowest BCUT2D eigenvalue weighted by molar-refractivity contribution is -0.145. The molecule has 2 atom stereocenters. The third-order valence-corrected chi connectivity index (χ3v) is 2.79. The molecule has 0 aromatic carbocycles. The normalized spacial score (nSPS) is 25.6. The average Bonchev–Trinajstić information content (AvgIpc) is 2.46. The number of likely N-dealkylation sites (tertiary alicyclic amines) is 1. The molecule has 15 heavy (non-hydrogen) atoms. The Morgan fingerprint density at radius 3 is 2.27 bits per heavy atom. The lowest BCUT2D eigenvalue weighted by Crippen LogP contribution is -2.32. The van der Waals surface area contributed by atoms with E-state index in [2.05, 4.69) is 13.8 Å². The minimum absolute atomic E-state index is 0.118. The van der Waals surface area contributed by atoms with E-state index in [4.69, 9.17) is 9.84 Å². The van der Waals surface area contributed by atoms with E-state index in [-0.39, 0.29) is 12.5 Å². The molecule has 0 radical (unpaired) electrons. The van der Waals surface area contributed by atoms with Gasteiger partial charge in [0.1, 0.15) is 13.2 Å². The SMILES string of the molecule is CC1CN(C(=O)COCC(=O)O)CC1C. The van der Waals surface area contributed by atoms with Crippen LogP contribution in [0, 0.1) is 11.8 Å². The van der Waals surface area contributed by atoms with Crippen LogP contribution in [0.3, 0.4) is 0 Å². The highest BCUT2D eigenvalue weighted by Crippen LogP contribution is 2.21. The van der Waals surface area contributed by atoms with Crippen molar-refractivity contribution < 1.29 is 19.4 Å². The minimum atomic E-state index is -1.05. The zero-order valence-corrected chi connectivity index (χ0v) is 9.10. The molecule has 0 bridgehead atoms. The first-order chi connectivity index (χ1) is 7.00. The number of ether oxygens (including phenoxy) is 1. The van der Waals surface area contributed by atoms with Gasteiger partial charge in [0.2, 0.25) is 5.91 Å². The van der Waals surface area contributed by atoms with Gasteiger partial charge in [-0.15, -0.1) is 0 Å². The number of carboxylic acid groups (broad SMARTS) is 1. The zero-order chi connectivity index (χ0) is 11.4. The van der Waals surface area contributed by atoms with Crippen LogP contribution < -0.4 is 0 Å². The summed E-state index contributed by atoms with van der Waals surface area (Å²) in [6, 6.07) is 0. The van der Waals surface area contributed by atoms with Gasteiger partial charge in [0.15, 0.2) is 0 Å². The highest BCUT2D eigenvalue weighted by Gasteiger charge is 2.29. The van der Waals surface area contributed by atoms with Crippen LogP contribution in [-0.4, -0.2) is 48.2 Å². The van der Waals surface area contributed by atoms with E-state index in [1.165, 1.54) is 0 Å². The lowest BCUT2D eigenvalue weighted by atomic mass is 10.0. The van der Waals surface area contributed by atoms with Gasteiger partial charge in [-0.3, -0.25) is 4.79 Å². The van der Waals surface area contributed by atoms with Crippen molar-refractivity contribution in [1.82, 2.24) is 4.90 Å². The summed E-state index contributed by atoms with van der Waals surface area (Å²) in [5, 5.41) is 8.33. The highest BCUT2D eigenvalue weighted by atomic mass is 16.5. The van der Waals surface area contributed by atoms with Crippen LogP contribution >= 0.6 is 0 Å². The third-order valence-electron chi connectivity index (χ3n) is 2.79. The minimum Gasteiger partial charge on any atom is -0.480 e. The maximum atomic E-state index is 11.5. The molecule has 1 aliphatic rings. The summed E-state index contributed by atoms with van der Waals surface area (Å²) in [6.07, 6.45) is 0. The lowest BCUT2D eigenvalue weighted by Gasteiger charge is -2.15. The molecule has 5 nitrogen and oxygen atoms in total. The predicted molar refractivity (Wildman–Crippen MR) is 53.4 cm³/mol. The van der Waals surface area contributed by atoms with Crippen LogP contribution in [-0.2, 0) is 14.3 Å². The van der Waals surface area contributed by atoms with E-state index in [1.807, 2.05) is 0 Å². The van der Waals surface area contributed by atoms with E-state index in [9.17, 15) is 9.59 Å². The highest BCUT2D eigenvalue weighted by molar-refractivity contribution is 5.78. The van der Waals surface area contributed by atoms with E-state index in [0.717, 1.165) is 13.1 Å². The number of hydrogen-bond acceptors (Lipinski definition) is 3. The Kier molecular flexibility index (Phi) is 4.08. The number of amides is 1. The quantitative estimate of drug-likeness (QED) is 0.727. The van der Waals surface area contributed by atoms with Crippen LogP contribution in [0.25, 0.3) is 0 Å². The largest absolute Gasteiger partial charge is 0.480 e. The molecule has 0 aromatic heterocycles. The van der Waals surface area contributed by atoms with Crippen LogP contribution in [0.5, 0.6) is 0 Å². The Morgan fingerprint density at radius 2 is 1.80 bits per heavy atom. The molecule has 5 heteroatoms. The fourth-order valence-electron chi connectivity index (χ4n) is 1.65. The first kappa shape index (κ1) is 12.0. The van der Waals surface area contributed by atoms with Gasteiger partial charge in [0.05, 0.1) is 0 Å². The number of hydrogen-bond donors (Lipinski definition) is 1. The first-order valence-corrected chi connectivity index (χ1v) is 5.08. The molecule has 1 heterocycles. The van der Waals surface area contributed by atoms with Gasteiger partial charge in [-0.05, 0) is 11.8 Å². The van der Waals surface area contributed by atoms with Crippen molar-refractivity contribution in [3.05, 3.63) is 0 Å². The Labute approximate surface area is 89.0 Å². The van der Waals surface area contributed by atoms with Crippen molar-refractivity contribution in [1.29, 1.82) is 0 Å². The second-order valence-electron chi connectivity index (χ2n) is 4.14. The number of carbonyl (C=O) groups excluding carboxylic acids is 1. The van der Waals surface area contributed by atoms with Crippen molar-refractivity contribution in [2.75, 3.05) is 26.3 Å². The second kappa shape index (κ2) is 5.11. The van der Waals surface area contributed by atoms with Gasteiger partial charge < -0.3 is 14.7 Å². The number of carboxylic acids is 1. The predicted octanol–water partition coefficient (Wildman–Crippen LogP) is 0.202. The molecular weight excluding hydrogens is 198 g/mol. The summed E-state index contributed by atoms with van der Waals surface area (Å²) in [6.45, 7) is 5.16. The van der Waals surface area contributed by atoms with E-state index in [1.54, 1.807) is 4.90 Å². The zero-order valence-electron chi connectivity index (χ0n) is 9.10. The smallest absolute Gasteiger partial charge is 0.329 e. The fraction of sp³-hybridized carbons (Fsp3) is 0.800. The maximum absolute atomic E-state index is 11.5. The molecule has 0 aliphatic carbocycles. The standard InChI is InChI=1S/C10H17NO4/c1-7-3-11(4-8(7)2)9(12)5-15-6-10(13)14/h7-8H,3-6H2,1-2H3,(H,13,14). The van der Waals surface area contributed by atoms with Crippen LogP contribution in [0.2, 0.25) is 0 Å². The summed E-state index contributed by atoms with van der Waals surface area (Å²) in [4.78, 5) is 23.4. The summed E-state index contributed by atoms with van der Waals surface area (Å²) >= 11 is 0. The molecule has 1 amide bonds. The summed E-state index contributed by atoms with van der Waals surface area (Å²) in [7, 11) is 0. The Hall–Kier alpha value is -1.10. The van der Waals surface area contributed by atoms with Crippen molar-refractivity contribution >= 4 is 11.9 Å². The number of nitrogens with zero attached hydrogens (tertiary/aromatic N) is 1. The number of carbonyl (C=O) groups is 2. The van der Waals surface area contributed by atoms with Crippen LogP contribution in [0.4, 0.5) is 0 Å². The molecule has 1 N–H and O–H groups in total. The van der Waals surface area contributed by atoms with Gasteiger partial charge in [-0.2, -0.15) is 0 Å². The molecule has 1 saturated heterocycles. The molecule has 0 spiro atoms. The molecule has 0 saturated carbocycles. The molecule has 1 fully saturated rings. The molecule has 2 unspecified atom stereocenters. The molecule has 0 aromatic rings. The molecule has 1 aliphatic heterocycles. The Morgan fingerprint density at radius 1 is 1.27 bits per heavy atom.